The summed E-state index contributed by atoms with van der Waals surface area (Å²) >= 11 is 0. The highest BCUT2D eigenvalue weighted by molar-refractivity contribution is 7.91. The molecule has 0 bridgehead atoms. The van der Waals surface area contributed by atoms with Crippen molar-refractivity contribution in [2.45, 2.75) is 37.5 Å². The second-order valence-corrected chi connectivity index (χ2v) is 8.87. The van der Waals surface area contributed by atoms with Crippen LogP contribution in [0.1, 0.15) is 43.0 Å². The Morgan fingerprint density at radius 3 is 2.39 bits per heavy atom. The van der Waals surface area contributed by atoms with E-state index in [0.717, 1.165) is 25.9 Å². The number of carbonyl (C=O) groups is 1. The number of nitrogens with zero attached hydrogens (tertiary/aromatic N) is 1. The molecule has 0 amide bonds. The number of hydrogen-bond acceptors (Lipinski definition) is 5. The molecule has 23 heavy (non-hydrogen) atoms. The van der Waals surface area contributed by atoms with Gasteiger partial charge in [-0.1, -0.05) is 0 Å². The molecule has 3 rings (SSSR count). The van der Waals surface area contributed by atoms with Crippen LogP contribution in [0.25, 0.3) is 0 Å². The number of sulfone groups is 1. The van der Waals surface area contributed by atoms with E-state index in [2.05, 4.69) is 4.90 Å². The number of piperidine rings is 1. The first-order valence-corrected chi connectivity index (χ1v) is 9.76. The SMILES string of the molecule is CC(=O)c1ccc(S(=O)(=O)CCO)cc1N1CCC2(CC1)CC2. The Bertz CT molecular complexity index is 712. The third-order valence-electron chi connectivity index (χ3n) is 5.19. The molecule has 0 atom stereocenters. The molecule has 1 aliphatic carbocycles. The molecule has 1 heterocycles. The van der Waals surface area contributed by atoms with E-state index in [1.807, 2.05) is 0 Å². The minimum absolute atomic E-state index is 0.0576. The third-order valence-corrected chi connectivity index (χ3v) is 6.88. The van der Waals surface area contributed by atoms with Crippen molar-refractivity contribution in [3.8, 4) is 0 Å². The maximum atomic E-state index is 12.2. The van der Waals surface area contributed by atoms with Gasteiger partial charge in [-0.2, -0.15) is 0 Å². The standard InChI is InChI=1S/C17H23NO4S/c1-13(20)15-3-2-14(23(21,22)11-10-19)12-16(15)18-8-6-17(4-5-17)7-9-18/h2-3,12,19H,4-11H2,1H3. The molecule has 1 aromatic carbocycles. The Labute approximate surface area is 137 Å². The molecule has 5 nitrogen and oxygen atoms in total. The summed E-state index contributed by atoms with van der Waals surface area (Å²) in [6.07, 6.45) is 4.81. The van der Waals surface area contributed by atoms with Gasteiger partial charge in [0.2, 0.25) is 0 Å². The van der Waals surface area contributed by atoms with Crippen LogP contribution >= 0.6 is 0 Å². The van der Waals surface area contributed by atoms with E-state index in [-0.39, 0.29) is 16.4 Å². The predicted molar refractivity (Wildman–Crippen MR) is 88.7 cm³/mol. The number of rotatable bonds is 5. The van der Waals surface area contributed by atoms with Crippen molar-refractivity contribution < 1.29 is 18.3 Å². The summed E-state index contributed by atoms with van der Waals surface area (Å²) in [4.78, 5) is 14.2. The molecule has 1 aromatic rings. The van der Waals surface area contributed by atoms with E-state index in [1.54, 1.807) is 12.1 Å². The Hall–Kier alpha value is -1.40. The highest BCUT2D eigenvalue weighted by Gasteiger charge is 2.44. The molecule has 1 saturated carbocycles. The molecule has 6 heteroatoms. The summed E-state index contributed by atoms with van der Waals surface area (Å²) in [7, 11) is -3.51. The van der Waals surface area contributed by atoms with Gasteiger partial charge in [-0.25, -0.2) is 8.42 Å². The Morgan fingerprint density at radius 1 is 1.22 bits per heavy atom. The Kier molecular flexibility index (Phi) is 4.23. The largest absolute Gasteiger partial charge is 0.395 e. The van der Waals surface area contributed by atoms with Crippen molar-refractivity contribution in [2.24, 2.45) is 5.41 Å². The van der Waals surface area contributed by atoms with Gasteiger partial charge in [-0.3, -0.25) is 4.79 Å². The molecule has 0 aromatic heterocycles. The summed E-state index contributed by atoms with van der Waals surface area (Å²) < 4.78 is 24.4. The molecular formula is C17H23NO4S. The number of ketones is 1. The molecule has 2 aliphatic rings. The molecule has 0 unspecified atom stereocenters. The maximum Gasteiger partial charge on any atom is 0.180 e. The second kappa shape index (κ2) is 5.91. The first-order valence-electron chi connectivity index (χ1n) is 8.10. The van der Waals surface area contributed by atoms with Crippen molar-refractivity contribution in [3.63, 3.8) is 0 Å². The van der Waals surface area contributed by atoms with Gasteiger partial charge in [0.05, 0.1) is 17.3 Å². The van der Waals surface area contributed by atoms with Crippen molar-refractivity contribution in [3.05, 3.63) is 23.8 Å². The molecule has 1 saturated heterocycles. The lowest BCUT2D eigenvalue weighted by Gasteiger charge is -2.35. The van der Waals surface area contributed by atoms with Gasteiger partial charge in [0.15, 0.2) is 15.6 Å². The summed E-state index contributed by atoms with van der Waals surface area (Å²) in [6.45, 7) is 2.83. The third kappa shape index (κ3) is 3.28. The second-order valence-electron chi connectivity index (χ2n) is 6.76. The summed E-state index contributed by atoms with van der Waals surface area (Å²) in [5.41, 5.74) is 1.81. The number of carbonyl (C=O) groups excluding carboxylic acids is 1. The minimum Gasteiger partial charge on any atom is -0.395 e. The van der Waals surface area contributed by atoms with Gasteiger partial charge in [-0.15, -0.1) is 0 Å². The number of benzene rings is 1. The van der Waals surface area contributed by atoms with Crippen molar-refractivity contribution in [1.29, 1.82) is 0 Å². The zero-order chi connectivity index (χ0) is 16.7. The fourth-order valence-corrected chi connectivity index (χ4v) is 4.44. The average molecular weight is 337 g/mol. The first kappa shape index (κ1) is 16.5. The zero-order valence-corrected chi connectivity index (χ0v) is 14.2. The fourth-order valence-electron chi connectivity index (χ4n) is 3.40. The quantitative estimate of drug-likeness (QED) is 0.832. The van der Waals surface area contributed by atoms with Gasteiger partial charge < -0.3 is 10.0 Å². The highest BCUT2D eigenvalue weighted by Crippen LogP contribution is 2.54. The molecule has 1 spiro atoms. The normalized spacial score (nSPS) is 19.8. The number of aliphatic hydroxyl groups is 1. The number of hydrogen-bond donors (Lipinski definition) is 1. The molecule has 2 fully saturated rings. The average Bonchev–Trinajstić information content (AvgIpc) is 3.26. The molecule has 0 radical (unpaired) electrons. The van der Waals surface area contributed by atoms with Crippen LogP contribution in [0.2, 0.25) is 0 Å². The smallest absolute Gasteiger partial charge is 0.180 e. The molecule has 126 valence electrons. The lowest BCUT2D eigenvalue weighted by atomic mass is 9.93. The van der Waals surface area contributed by atoms with Crippen LogP contribution < -0.4 is 4.90 Å². The van der Waals surface area contributed by atoms with E-state index in [0.29, 0.717) is 16.7 Å². The van der Waals surface area contributed by atoms with E-state index in [9.17, 15) is 13.2 Å². The lowest BCUT2D eigenvalue weighted by Crippen LogP contribution is -2.35. The van der Waals surface area contributed by atoms with Gasteiger partial charge in [-0.05, 0) is 56.2 Å². The fraction of sp³-hybridized carbons (Fsp3) is 0.588. The van der Waals surface area contributed by atoms with Gasteiger partial charge >= 0.3 is 0 Å². The predicted octanol–water partition coefficient (Wildman–Crippen LogP) is 2.04. The summed E-state index contributed by atoms with van der Waals surface area (Å²) in [5.74, 6) is -0.354. The maximum absolute atomic E-state index is 12.2. The molecular weight excluding hydrogens is 314 g/mol. The van der Waals surface area contributed by atoms with Crippen molar-refractivity contribution in [2.75, 3.05) is 30.3 Å². The van der Waals surface area contributed by atoms with Crippen LogP contribution in [0.4, 0.5) is 5.69 Å². The number of Topliss-reactive ketones (excluding diaryl/α,β-unsaturated/α-hetero) is 1. The highest BCUT2D eigenvalue weighted by atomic mass is 32.2. The van der Waals surface area contributed by atoms with Crippen molar-refractivity contribution in [1.82, 2.24) is 0 Å². The van der Waals surface area contributed by atoms with E-state index >= 15 is 0 Å². The van der Waals surface area contributed by atoms with Gasteiger partial charge in [0, 0.05) is 24.3 Å². The number of aliphatic hydroxyl groups excluding tert-OH is 1. The van der Waals surface area contributed by atoms with Crippen molar-refractivity contribution >= 4 is 21.3 Å². The van der Waals surface area contributed by atoms with E-state index in [4.69, 9.17) is 5.11 Å². The van der Waals surface area contributed by atoms with Crippen LogP contribution in [-0.2, 0) is 9.84 Å². The van der Waals surface area contributed by atoms with Crippen LogP contribution in [0.3, 0.4) is 0 Å². The van der Waals surface area contributed by atoms with Crippen LogP contribution in [0.15, 0.2) is 23.1 Å². The van der Waals surface area contributed by atoms with Crippen LogP contribution in [0, 0.1) is 5.41 Å². The number of anilines is 1. The van der Waals surface area contributed by atoms with Gasteiger partial charge in [0.25, 0.3) is 0 Å². The topological polar surface area (TPSA) is 74.7 Å². The Balaban J connectivity index is 1.94. The minimum atomic E-state index is -3.51. The lowest BCUT2D eigenvalue weighted by molar-refractivity contribution is 0.101. The summed E-state index contributed by atoms with van der Waals surface area (Å²) in [6, 6.07) is 4.67. The Morgan fingerprint density at radius 2 is 1.87 bits per heavy atom. The van der Waals surface area contributed by atoms with E-state index in [1.165, 1.54) is 25.8 Å². The monoisotopic (exact) mass is 337 g/mol. The summed E-state index contributed by atoms with van der Waals surface area (Å²) in [5, 5.41) is 8.94. The van der Waals surface area contributed by atoms with E-state index < -0.39 is 16.4 Å². The van der Waals surface area contributed by atoms with Crippen LogP contribution in [-0.4, -0.2) is 44.8 Å². The molecule has 1 N–H and O–H groups in total. The first-order chi connectivity index (χ1) is 10.9. The van der Waals surface area contributed by atoms with Gasteiger partial charge in [0.1, 0.15) is 0 Å². The zero-order valence-electron chi connectivity index (χ0n) is 13.4. The van der Waals surface area contributed by atoms with Crippen LogP contribution in [0.5, 0.6) is 0 Å². The molecule has 1 aliphatic heterocycles.